The van der Waals surface area contributed by atoms with Crippen molar-refractivity contribution in [2.45, 2.75) is 64.3 Å². The highest BCUT2D eigenvalue weighted by molar-refractivity contribution is 5.91. The van der Waals surface area contributed by atoms with Gasteiger partial charge in [-0.1, -0.05) is 20.3 Å². The molecule has 3 rings (SSSR count). The monoisotopic (exact) mass is 348 g/mol. The zero-order chi connectivity index (χ0) is 17.7. The van der Waals surface area contributed by atoms with Crippen molar-refractivity contribution in [2.75, 3.05) is 32.8 Å². The van der Waals surface area contributed by atoms with E-state index in [1.165, 1.54) is 19.3 Å². The van der Waals surface area contributed by atoms with Crippen LogP contribution in [0.1, 0.15) is 67.8 Å². The number of aryl methyl sites for hydroxylation is 2. The molecule has 25 heavy (non-hydrogen) atoms. The number of amides is 1. The average Bonchev–Trinajstić information content (AvgIpc) is 3.11. The molecule has 1 aromatic rings. The van der Waals surface area contributed by atoms with Gasteiger partial charge in [-0.15, -0.1) is 0 Å². The molecule has 2 fully saturated rings. The Bertz CT molecular complexity index is 548. The van der Waals surface area contributed by atoms with E-state index in [0.29, 0.717) is 12.3 Å². The smallest absolute Gasteiger partial charge is 0.287 e. The van der Waals surface area contributed by atoms with E-state index >= 15 is 0 Å². The lowest BCUT2D eigenvalue weighted by Crippen LogP contribution is -2.59. The normalized spacial score (nSPS) is 21.2. The van der Waals surface area contributed by atoms with Crippen LogP contribution in [0.15, 0.2) is 10.5 Å². The van der Waals surface area contributed by atoms with Crippen molar-refractivity contribution in [1.29, 1.82) is 0 Å². The van der Waals surface area contributed by atoms with Crippen molar-refractivity contribution in [2.24, 2.45) is 0 Å². The molecular weight excluding hydrogens is 316 g/mol. The summed E-state index contributed by atoms with van der Waals surface area (Å²) < 4.78 is 11.4. The molecule has 2 saturated heterocycles. The predicted octanol–water partition coefficient (Wildman–Crippen LogP) is 3.17. The summed E-state index contributed by atoms with van der Waals surface area (Å²) in [4.78, 5) is 15.2. The highest BCUT2D eigenvalue weighted by Crippen LogP contribution is 2.30. The molecule has 2 aliphatic rings. The van der Waals surface area contributed by atoms with Crippen molar-refractivity contribution < 1.29 is 13.9 Å². The number of carbonyl (C=O) groups excluding carboxylic acids is 1. The van der Waals surface area contributed by atoms with Crippen LogP contribution in [-0.4, -0.2) is 49.2 Å². The second-order valence-corrected chi connectivity index (χ2v) is 7.33. The fourth-order valence-corrected chi connectivity index (χ4v) is 4.23. The van der Waals surface area contributed by atoms with Crippen LogP contribution < -0.4 is 5.32 Å². The van der Waals surface area contributed by atoms with Crippen LogP contribution in [-0.2, 0) is 17.6 Å². The summed E-state index contributed by atoms with van der Waals surface area (Å²) in [5, 5.41) is 3.17. The zero-order valence-corrected chi connectivity index (χ0v) is 15.7. The molecule has 0 aliphatic carbocycles. The van der Waals surface area contributed by atoms with Gasteiger partial charge in [0.1, 0.15) is 5.76 Å². The van der Waals surface area contributed by atoms with Crippen LogP contribution in [0.5, 0.6) is 0 Å². The van der Waals surface area contributed by atoms with E-state index in [9.17, 15) is 4.79 Å². The predicted molar refractivity (Wildman–Crippen MR) is 98.0 cm³/mol. The molecule has 0 spiro atoms. The molecule has 0 saturated carbocycles. The molecule has 1 N–H and O–H groups in total. The average molecular weight is 348 g/mol. The summed E-state index contributed by atoms with van der Waals surface area (Å²) in [6, 6.07) is 1.91. The Hall–Kier alpha value is -1.33. The van der Waals surface area contributed by atoms with Crippen LogP contribution in [0.2, 0.25) is 0 Å². The third-order valence-electron chi connectivity index (χ3n) is 5.85. The molecule has 2 aliphatic heterocycles. The molecular formula is C20H32N2O3. The first-order chi connectivity index (χ1) is 12.2. The minimum absolute atomic E-state index is 0.0437. The molecule has 0 atom stereocenters. The molecule has 1 amide bonds. The van der Waals surface area contributed by atoms with Crippen molar-refractivity contribution in [3.63, 3.8) is 0 Å². The quantitative estimate of drug-likeness (QED) is 0.858. The maximum Gasteiger partial charge on any atom is 0.287 e. The van der Waals surface area contributed by atoms with Gasteiger partial charge in [0.2, 0.25) is 0 Å². The van der Waals surface area contributed by atoms with Gasteiger partial charge in [-0.05, 0) is 56.8 Å². The van der Waals surface area contributed by atoms with Gasteiger partial charge in [0, 0.05) is 31.7 Å². The zero-order valence-electron chi connectivity index (χ0n) is 15.7. The second-order valence-electron chi connectivity index (χ2n) is 7.33. The van der Waals surface area contributed by atoms with Gasteiger partial charge in [0.15, 0.2) is 5.76 Å². The molecule has 0 unspecified atom stereocenters. The number of nitrogens with zero attached hydrogens (tertiary/aromatic N) is 1. The van der Waals surface area contributed by atoms with E-state index in [1.54, 1.807) is 0 Å². The lowest BCUT2D eigenvalue weighted by atomic mass is 9.86. The van der Waals surface area contributed by atoms with Crippen LogP contribution in [0.4, 0.5) is 0 Å². The summed E-state index contributed by atoms with van der Waals surface area (Å²) in [6.45, 7) is 8.68. The maximum atomic E-state index is 12.7. The van der Waals surface area contributed by atoms with Gasteiger partial charge in [0.05, 0.1) is 0 Å². The fraction of sp³-hybridized carbons (Fsp3) is 0.750. The number of hydrogen-bond donors (Lipinski definition) is 1. The molecule has 1 aromatic heterocycles. The Morgan fingerprint density at radius 2 is 1.88 bits per heavy atom. The van der Waals surface area contributed by atoms with E-state index in [2.05, 4.69) is 24.1 Å². The number of furan rings is 1. The van der Waals surface area contributed by atoms with Crippen LogP contribution in [0.25, 0.3) is 0 Å². The van der Waals surface area contributed by atoms with Crippen molar-refractivity contribution in [3.8, 4) is 0 Å². The number of piperidine rings is 1. The highest BCUT2D eigenvalue weighted by Gasteiger charge is 2.39. The van der Waals surface area contributed by atoms with E-state index in [0.717, 1.165) is 63.3 Å². The number of nitrogens with one attached hydrogen (secondary N) is 1. The number of carbonyl (C=O) groups is 1. The number of hydrogen-bond acceptors (Lipinski definition) is 4. The summed E-state index contributed by atoms with van der Waals surface area (Å²) >= 11 is 0. The van der Waals surface area contributed by atoms with Crippen LogP contribution in [0.3, 0.4) is 0 Å². The Morgan fingerprint density at radius 3 is 2.48 bits per heavy atom. The summed E-state index contributed by atoms with van der Waals surface area (Å²) in [5.41, 5.74) is 1.19. The Kier molecular flexibility index (Phi) is 6.18. The van der Waals surface area contributed by atoms with E-state index in [4.69, 9.17) is 9.15 Å². The first-order valence-electron chi connectivity index (χ1n) is 9.91. The Labute approximate surface area is 151 Å². The lowest BCUT2D eigenvalue weighted by molar-refractivity contribution is -0.0349. The third-order valence-corrected chi connectivity index (χ3v) is 5.85. The first kappa shape index (κ1) is 18.5. The second kappa shape index (κ2) is 8.37. The molecule has 3 heterocycles. The van der Waals surface area contributed by atoms with Crippen molar-refractivity contribution >= 4 is 5.91 Å². The molecule has 0 aromatic carbocycles. The van der Waals surface area contributed by atoms with Gasteiger partial charge in [-0.3, -0.25) is 9.69 Å². The standard InChI is InChI=1S/C20H32N2O3/c1-3-16-14-18(25-17(16)4-2)19(23)21-15-20(8-12-24-13-9-20)22-10-6-5-7-11-22/h14H,3-13,15H2,1-2H3,(H,21,23). The third kappa shape index (κ3) is 4.09. The van der Waals surface area contributed by atoms with E-state index in [1.807, 2.05) is 6.07 Å². The van der Waals surface area contributed by atoms with Gasteiger partial charge >= 0.3 is 0 Å². The van der Waals surface area contributed by atoms with E-state index < -0.39 is 0 Å². The highest BCUT2D eigenvalue weighted by atomic mass is 16.5. The minimum atomic E-state index is -0.0859. The van der Waals surface area contributed by atoms with E-state index in [-0.39, 0.29) is 11.4 Å². The summed E-state index contributed by atoms with van der Waals surface area (Å²) in [5.74, 6) is 1.30. The number of likely N-dealkylation sites (tertiary alicyclic amines) is 1. The molecule has 0 radical (unpaired) electrons. The lowest BCUT2D eigenvalue weighted by Gasteiger charge is -2.48. The molecule has 5 heteroatoms. The van der Waals surface area contributed by atoms with Gasteiger partial charge < -0.3 is 14.5 Å². The van der Waals surface area contributed by atoms with Crippen LogP contribution in [0, 0.1) is 0 Å². The number of ether oxygens (including phenoxy) is 1. The van der Waals surface area contributed by atoms with Gasteiger partial charge in [-0.2, -0.15) is 0 Å². The van der Waals surface area contributed by atoms with Crippen molar-refractivity contribution in [1.82, 2.24) is 10.2 Å². The Balaban J connectivity index is 1.68. The number of rotatable bonds is 6. The fourth-order valence-electron chi connectivity index (χ4n) is 4.23. The molecule has 0 bridgehead atoms. The first-order valence-corrected chi connectivity index (χ1v) is 9.91. The molecule has 140 valence electrons. The summed E-state index contributed by atoms with van der Waals surface area (Å²) in [6.07, 6.45) is 7.54. The topological polar surface area (TPSA) is 54.7 Å². The SMILES string of the molecule is CCc1cc(C(=O)NCC2(N3CCCCC3)CCOCC2)oc1CC. The van der Waals surface area contributed by atoms with Gasteiger partial charge in [0.25, 0.3) is 5.91 Å². The largest absolute Gasteiger partial charge is 0.456 e. The maximum absolute atomic E-state index is 12.7. The van der Waals surface area contributed by atoms with Crippen molar-refractivity contribution in [3.05, 3.63) is 23.2 Å². The van der Waals surface area contributed by atoms with Crippen LogP contribution >= 0.6 is 0 Å². The summed E-state index contributed by atoms with van der Waals surface area (Å²) in [7, 11) is 0. The van der Waals surface area contributed by atoms with Gasteiger partial charge in [-0.25, -0.2) is 0 Å². The molecule has 5 nitrogen and oxygen atoms in total. The Morgan fingerprint density at radius 1 is 1.16 bits per heavy atom. The minimum Gasteiger partial charge on any atom is -0.456 e.